The second kappa shape index (κ2) is 15.9. The molecule has 0 bridgehead atoms. The fourth-order valence-corrected chi connectivity index (χ4v) is 0. The summed E-state index contributed by atoms with van der Waals surface area (Å²) < 4.78 is 28.8. The predicted molar refractivity (Wildman–Crippen MR) is 19.6 cm³/mol. The molecule has 0 spiro atoms. The van der Waals surface area contributed by atoms with E-state index in [0.29, 0.717) is 0 Å². The second-order valence-electron chi connectivity index (χ2n) is 0.214. The quantitative estimate of drug-likeness (QED) is 0.220. The summed E-state index contributed by atoms with van der Waals surface area (Å²) in [4.78, 5) is 0. The van der Waals surface area contributed by atoms with Crippen molar-refractivity contribution in [3.63, 3.8) is 0 Å². The first kappa shape index (κ1) is 25.0. The molecule has 0 aliphatic carbocycles. The number of hydrogen-bond donors (Lipinski definition) is 0. The zero-order valence-electron chi connectivity index (χ0n) is 3.13. The van der Waals surface area contributed by atoms with E-state index < -0.39 is 6.68 Å². The normalized spacial score (nSPS) is 5.14. The Morgan fingerprint density at radius 2 is 1.00 bits per heavy atom. The van der Waals surface area contributed by atoms with Gasteiger partial charge in [0.05, 0.1) is 0 Å². The van der Waals surface area contributed by atoms with Gasteiger partial charge in [-0.15, -0.1) is 12.4 Å². The summed E-state index contributed by atoms with van der Waals surface area (Å²) in [7, 11) is 0. The van der Waals surface area contributed by atoms with Gasteiger partial charge in [0.2, 0.25) is 0 Å². The molecule has 0 fully saturated rings. The molecular formula is CHClF4Mg. The predicted octanol–water partition coefficient (Wildman–Crippen LogP) is -1.61. The molecule has 0 aromatic heterocycles. The monoisotopic (exact) mass is 148 g/mol. The summed E-state index contributed by atoms with van der Waals surface area (Å²) in [5.41, 5.74) is 0. The Kier molecular flexibility index (Phi) is 56.7. The van der Waals surface area contributed by atoms with Crippen molar-refractivity contribution in [2.75, 3.05) is 0 Å². The van der Waals surface area contributed by atoms with Gasteiger partial charge in [0, 0.05) is 0 Å². The van der Waals surface area contributed by atoms with Gasteiger partial charge in [0.25, 0.3) is 0 Å². The van der Waals surface area contributed by atoms with E-state index in [2.05, 4.69) is 0 Å². The summed E-state index contributed by atoms with van der Waals surface area (Å²) in [5.74, 6) is 0. The zero-order valence-corrected chi connectivity index (χ0v) is 5.36. The van der Waals surface area contributed by atoms with Gasteiger partial charge in [-0.2, -0.15) is 0 Å². The van der Waals surface area contributed by atoms with Crippen LogP contribution in [0.2, 0.25) is 0 Å². The van der Waals surface area contributed by atoms with Crippen molar-refractivity contribution in [2.24, 2.45) is 0 Å². The van der Waals surface area contributed by atoms with E-state index in [0.717, 1.165) is 0 Å². The van der Waals surface area contributed by atoms with Crippen LogP contribution in [0.3, 0.4) is 0 Å². The molecule has 0 unspecified atom stereocenters. The van der Waals surface area contributed by atoms with Gasteiger partial charge >= 0.3 is 23.1 Å². The Balaban J connectivity index is -0.0000000150. The van der Waals surface area contributed by atoms with Crippen molar-refractivity contribution in [3.05, 3.63) is 6.68 Å². The molecule has 0 amide bonds. The van der Waals surface area contributed by atoms with Crippen LogP contribution in [0, 0.1) is 6.68 Å². The Labute approximate surface area is 60.4 Å². The van der Waals surface area contributed by atoms with Crippen molar-refractivity contribution >= 4 is 35.5 Å². The Hall–Kier alpha value is 0.776. The first-order chi connectivity index (χ1) is 1.73. The van der Waals surface area contributed by atoms with E-state index in [1.165, 1.54) is 0 Å². The van der Waals surface area contributed by atoms with E-state index in [9.17, 15) is 13.2 Å². The Morgan fingerprint density at radius 1 is 1.00 bits per heavy atom. The minimum absolute atomic E-state index is 0. The fourth-order valence-electron chi connectivity index (χ4n) is 0. The average molecular weight is 149 g/mol. The largest absolute Gasteiger partial charge is 2.00 e. The number of rotatable bonds is 0. The van der Waals surface area contributed by atoms with Crippen molar-refractivity contribution in [2.45, 2.75) is 0 Å². The van der Waals surface area contributed by atoms with Gasteiger partial charge in [-0.25, -0.2) is 0 Å². The van der Waals surface area contributed by atoms with Crippen LogP contribution in [-0.2, 0) is 0 Å². The van der Waals surface area contributed by atoms with Gasteiger partial charge in [0.15, 0.2) is 6.68 Å². The molecular weight excluding hydrogens is 148 g/mol. The van der Waals surface area contributed by atoms with Gasteiger partial charge < -0.3 is 17.9 Å². The van der Waals surface area contributed by atoms with Gasteiger partial charge in [0.1, 0.15) is 0 Å². The molecule has 0 aromatic rings. The van der Waals surface area contributed by atoms with Gasteiger partial charge in [-0.1, -0.05) is 0 Å². The Morgan fingerprint density at radius 3 is 1.00 bits per heavy atom. The number of hydrogen-bond acceptors (Lipinski definition) is 0. The molecule has 0 N–H and O–H groups in total. The van der Waals surface area contributed by atoms with Crippen LogP contribution in [0.25, 0.3) is 0 Å². The third-order valence-corrected chi connectivity index (χ3v) is 0. The third kappa shape index (κ3) is 257. The van der Waals surface area contributed by atoms with Crippen LogP contribution in [0.1, 0.15) is 0 Å². The minimum Gasteiger partial charge on any atom is -1.00 e. The molecule has 0 nitrogen and oxygen atoms in total. The standard InChI is InChI=1S/CF3.ClH.FH.Mg/c2-1(3)4;;;/h;2*1H;/q-1;;;+2/p-1. The maximum absolute atomic E-state index is 9.58. The van der Waals surface area contributed by atoms with Crippen LogP contribution in [0.5, 0.6) is 0 Å². The smallest absolute Gasteiger partial charge is 1.00 e. The van der Waals surface area contributed by atoms with E-state index in [-0.39, 0.29) is 40.2 Å². The fraction of sp³-hybridized carbons (Fsp3) is 0. The topological polar surface area (TPSA) is 0 Å². The van der Waals surface area contributed by atoms with E-state index in [1.807, 2.05) is 0 Å². The minimum atomic E-state index is -3.08. The van der Waals surface area contributed by atoms with Crippen molar-refractivity contribution < 1.29 is 17.9 Å². The molecule has 0 aliphatic rings. The van der Waals surface area contributed by atoms with Crippen LogP contribution in [0.4, 0.5) is 13.2 Å². The summed E-state index contributed by atoms with van der Waals surface area (Å²) in [6, 6.07) is 0. The maximum Gasteiger partial charge on any atom is 2.00 e. The van der Waals surface area contributed by atoms with E-state index in [4.69, 9.17) is 0 Å². The first-order valence-electron chi connectivity index (χ1n) is 0.567. The molecule has 0 saturated heterocycles. The van der Waals surface area contributed by atoms with Crippen molar-refractivity contribution in [1.29, 1.82) is 0 Å². The molecule has 0 rings (SSSR count). The van der Waals surface area contributed by atoms with E-state index in [1.54, 1.807) is 0 Å². The molecule has 7 heavy (non-hydrogen) atoms. The summed E-state index contributed by atoms with van der Waals surface area (Å²) in [6.07, 6.45) is 0. The summed E-state index contributed by atoms with van der Waals surface area (Å²) in [5, 5.41) is 0. The molecule has 6 heteroatoms. The molecule has 0 atom stereocenters. The molecule has 0 aliphatic heterocycles. The van der Waals surface area contributed by atoms with Crippen molar-refractivity contribution in [3.8, 4) is 0 Å². The zero-order chi connectivity index (χ0) is 3.58. The average Bonchev–Trinajstić information content (AvgIpc) is 0.811. The van der Waals surface area contributed by atoms with Crippen LogP contribution in [0.15, 0.2) is 0 Å². The SMILES string of the molecule is Cl.F[C-](F)F.[F-].[Mg+2]. The second-order valence-corrected chi connectivity index (χ2v) is 0.214. The molecule has 0 radical (unpaired) electrons. The summed E-state index contributed by atoms with van der Waals surface area (Å²) >= 11 is 0. The number of halogens is 5. The maximum atomic E-state index is 9.58. The summed E-state index contributed by atoms with van der Waals surface area (Å²) in [6.45, 7) is -3.08. The van der Waals surface area contributed by atoms with E-state index >= 15 is 0 Å². The van der Waals surface area contributed by atoms with Crippen molar-refractivity contribution in [1.82, 2.24) is 0 Å². The molecule has 42 valence electrons. The van der Waals surface area contributed by atoms with Crippen LogP contribution in [-0.4, -0.2) is 23.1 Å². The molecule has 0 heterocycles. The van der Waals surface area contributed by atoms with Crippen LogP contribution < -0.4 is 4.70 Å². The van der Waals surface area contributed by atoms with Crippen LogP contribution >= 0.6 is 12.4 Å². The first-order valence-corrected chi connectivity index (χ1v) is 0.567. The molecule has 0 aromatic carbocycles. The van der Waals surface area contributed by atoms with Gasteiger partial charge in [-0.3, -0.25) is 0 Å². The van der Waals surface area contributed by atoms with Gasteiger partial charge in [-0.05, 0) is 0 Å². The third-order valence-electron chi connectivity index (χ3n) is 0. The Bertz CT molecular complexity index is 16.4. The molecule has 0 saturated carbocycles.